The summed E-state index contributed by atoms with van der Waals surface area (Å²) in [4.78, 5) is 21.3. The van der Waals surface area contributed by atoms with E-state index in [4.69, 9.17) is 14.6 Å². The van der Waals surface area contributed by atoms with Crippen molar-refractivity contribution in [3.8, 4) is 11.5 Å². The molecule has 80 valence electrons. The van der Waals surface area contributed by atoms with Crippen molar-refractivity contribution in [1.82, 2.24) is 0 Å². The van der Waals surface area contributed by atoms with E-state index in [-0.39, 0.29) is 11.5 Å². The first-order chi connectivity index (χ1) is 7.21. The molecule has 15 heavy (non-hydrogen) atoms. The monoisotopic (exact) mass is 210 g/mol. The molecule has 0 aliphatic carbocycles. The van der Waals surface area contributed by atoms with Gasteiger partial charge in [-0.15, -0.1) is 0 Å². The highest BCUT2D eigenvalue weighted by atomic mass is 16.6. The minimum atomic E-state index is -0.785. The van der Waals surface area contributed by atoms with E-state index >= 15 is 0 Å². The Morgan fingerprint density at radius 3 is 2.73 bits per heavy atom. The lowest BCUT2D eigenvalue weighted by Crippen LogP contribution is -2.12. The van der Waals surface area contributed by atoms with Crippen LogP contribution in [0.3, 0.4) is 0 Å². The number of ether oxygens (including phenoxy) is 2. The number of esters is 1. The van der Waals surface area contributed by atoms with Gasteiger partial charge in [0.15, 0.2) is 11.5 Å². The normalized spacial score (nSPS) is 9.47. The molecule has 0 unspecified atom stereocenters. The van der Waals surface area contributed by atoms with Gasteiger partial charge in [0.25, 0.3) is 0 Å². The van der Waals surface area contributed by atoms with Crippen LogP contribution in [-0.2, 0) is 4.79 Å². The fraction of sp³-hybridized carbons (Fsp3) is 0.200. The fourth-order valence-electron chi connectivity index (χ4n) is 0.997. The number of hydrogen-bond acceptors (Lipinski definition) is 5. The molecule has 0 fully saturated rings. The van der Waals surface area contributed by atoms with E-state index < -0.39 is 12.6 Å². The highest BCUT2D eigenvalue weighted by Crippen LogP contribution is 2.27. The fourth-order valence-corrected chi connectivity index (χ4v) is 0.997. The molecule has 0 aromatic heterocycles. The van der Waals surface area contributed by atoms with Crippen molar-refractivity contribution < 1.29 is 24.2 Å². The first-order valence-corrected chi connectivity index (χ1v) is 4.16. The minimum absolute atomic E-state index is 0.169. The highest BCUT2D eigenvalue weighted by Gasteiger charge is 2.09. The number of benzene rings is 1. The van der Waals surface area contributed by atoms with Crippen LogP contribution in [0.1, 0.15) is 10.4 Å². The molecule has 1 N–H and O–H groups in total. The van der Waals surface area contributed by atoms with E-state index in [9.17, 15) is 9.59 Å². The summed E-state index contributed by atoms with van der Waals surface area (Å²) in [5.74, 6) is -0.351. The standard InChI is InChI=1S/C10H10O5/c1-14-9-4-7(5-11)2-3-8(9)15-10(13)6-12/h2-5,12H,6H2,1H3. The number of aldehydes is 1. The molecule has 0 atom stereocenters. The second kappa shape index (κ2) is 5.11. The van der Waals surface area contributed by atoms with Gasteiger partial charge in [0.1, 0.15) is 12.9 Å². The van der Waals surface area contributed by atoms with Crippen molar-refractivity contribution in [2.45, 2.75) is 0 Å². The van der Waals surface area contributed by atoms with Crippen LogP contribution in [0.2, 0.25) is 0 Å². The van der Waals surface area contributed by atoms with Crippen LogP contribution in [0.15, 0.2) is 18.2 Å². The van der Waals surface area contributed by atoms with Gasteiger partial charge >= 0.3 is 5.97 Å². The second-order valence-corrected chi connectivity index (χ2v) is 2.66. The maximum atomic E-state index is 10.8. The van der Waals surface area contributed by atoms with Gasteiger partial charge in [0.2, 0.25) is 0 Å². The van der Waals surface area contributed by atoms with E-state index in [1.165, 1.54) is 25.3 Å². The Morgan fingerprint density at radius 1 is 1.47 bits per heavy atom. The molecule has 5 heteroatoms. The highest BCUT2D eigenvalue weighted by molar-refractivity contribution is 5.78. The van der Waals surface area contributed by atoms with Gasteiger partial charge in [-0.25, -0.2) is 4.79 Å². The van der Waals surface area contributed by atoms with Crippen LogP contribution in [0, 0.1) is 0 Å². The van der Waals surface area contributed by atoms with Crippen LogP contribution >= 0.6 is 0 Å². The lowest BCUT2D eigenvalue weighted by atomic mass is 10.2. The van der Waals surface area contributed by atoms with E-state index in [0.717, 1.165) is 0 Å². The third-order valence-corrected chi connectivity index (χ3v) is 1.68. The molecular formula is C10H10O5. The molecule has 0 amide bonds. The number of methoxy groups -OCH3 is 1. The zero-order valence-electron chi connectivity index (χ0n) is 8.10. The Bertz CT molecular complexity index is 372. The zero-order valence-corrected chi connectivity index (χ0v) is 8.10. The molecule has 1 aromatic rings. The summed E-state index contributed by atoms with van der Waals surface area (Å²) in [6.07, 6.45) is 0.653. The van der Waals surface area contributed by atoms with E-state index in [1.54, 1.807) is 0 Å². The van der Waals surface area contributed by atoms with Crippen LogP contribution < -0.4 is 9.47 Å². The zero-order chi connectivity index (χ0) is 11.3. The number of aliphatic hydroxyl groups is 1. The number of aliphatic hydroxyl groups excluding tert-OH is 1. The molecule has 5 nitrogen and oxygen atoms in total. The van der Waals surface area contributed by atoms with Crippen LogP contribution in [0.5, 0.6) is 11.5 Å². The molecular weight excluding hydrogens is 200 g/mol. The Balaban J connectivity index is 2.97. The maximum absolute atomic E-state index is 10.8. The Morgan fingerprint density at radius 2 is 2.20 bits per heavy atom. The number of hydrogen-bond donors (Lipinski definition) is 1. The number of carbonyl (C=O) groups is 2. The third kappa shape index (κ3) is 2.78. The summed E-state index contributed by atoms with van der Waals surface area (Å²) >= 11 is 0. The van der Waals surface area contributed by atoms with Gasteiger partial charge < -0.3 is 14.6 Å². The Kier molecular flexibility index (Phi) is 3.82. The molecule has 1 rings (SSSR count). The Hall–Kier alpha value is -1.88. The van der Waals surface area contributed by atoms with Gasteiger partial charge in [-0.05, 0) is 18.2 Å². The molecule has 1 aromatic carbocycles. The van der Waals surface area contributed by atoms with Crippen LogP contribution in [0.25, 0.3) is 0 Å². The maximum Gasteiger partial charge on any atom is 0.337 e. The lowest BCUT2D eigenvalue weighted by molar-refractivity contribution is -0.137. The topological polar surface area (TPSA) is 72.8 Å². The van der Waals surface area contributed by atoms with Gasteiger partial charge in [-0.3, -0.25) is 4.79 Å². The van der Waals surface area contributed by atoms with Crippen molar-refractivity contribution in [3.05, 3.63) is 23.8 Å². The summed E-state index contributed by atoms with van der Waals surface area (Å²) in [5, 5.41) is 8.49. The van der Waals surface area contributed by atoms with Gasteiger partial charge in [0, 0.05) is 5.56 Å². The predicted molar refractivity (Wildman–Crippen MR) is 51.1 cm³/mol. The van der Waals surface area contributed by atoms with Gasteiger partial charge in [-0.1, -0.05) is 0 Å². The Labute approximate surface area is 86.2 Å². The summed E-state index contributed by atoms with van der Waals surface area (Å²) in [6, 6.07) is 4.35. The summed E-state index contributed by atoms with van der Waals surface area (Å²) < 4.78 is 9.67. The van der Waals surface area contributed by atoms with Crippen molar-refractivity contribution in [2.75, 3.05) is 13.7 Å². The summed E-state index contributed by atoms with van der Waals surface area (Å²) in [5.41, 5.74) is 0.413. The van der Waals surface area contributed by atoms with Crippen LogP contribution in [-0.4, -0.2) is 31.1 Å². The third-order valence-electron chi connectivity index (χ3n) is 1.68. The molecule has 0 saturated heterocycles. The molecule has 0 saturated carbocycles. The van der Waals surface area contributed by atoms with E-state index in [0.29, 0.717) is 11.8 Å². The SMILES string of the molecule is COc1cc(C=O)ccc1OC(=O)CO. The van der Waals surface area contributed by atoms with E-state index in [1.807, 2.05) is 0 Å². The first kappa shape index (κ1) is 11.2. The van der Waals surface area contributed by atoms with Gasteiger partial charge in [-0.2, -0.15) is 0 Å². The molecule has 0 aliphatic rings. The predicted octanol–water partition coefficient (Wildman–Crippen LogP) is 0.405. The van der Waals surface area contributed by atoms with Crippen molar-refractivity contribution in [2.24, 2.45) is 0 Å². The number of rotatable bonds is 4. The molecule has 0 spiro atoms. The second-order valence-electron chi connectivity index (χ2n) is 2.66. The molecule has 0 aliphatic heterocycles. The molecule has 0 bridgehead atoms. The smallest absolute Gasteiger partial charge is 0.337 e. The minimum Gasteiger partial charge on any atom is -0.493 e. The molecule has 0 radical (unpaired) electrons. The van der Waals surface area contributed by atoms with Gasteiger partial charge in [0.05, 0.1) is 7.11 Å². The number of carbonyl (C=O) groups excluding carboxylic acids is 2. The average Bonchev–Trinajstić information content (AvgIpc) is 2.29. The average molecular weight is 210 g/mol. The van der Waals surface area contributed by atoms with E-state index in [2.05, 4.69) is 0 Å². The first-order valence-electron chi connectivity index (χ1n) is 4.16. The quantitative estimate of drug-likeness (QED) is 0.442. The summed E-state index contributed by atoms with van der Waals surface area (Å²) in [6.45, 7) is -0.710. The summed E-state index contributed by atoms with van der Waals surface area (Å²) in [7, 11) is 1.39. The lowest BCUT2D eigenvalue weighted by Gasteiger charge is -2.08. The van der Waals surface area contributed by atoms with Crippen molar-refractivity contribution in [3.63, 3.8) is 0 Å². The van der Waals surface area contributed by atoms with Crippen LogP contribution in [0.4, 0.5) is 0 Å². The molecule has 0 heterocycles. The largest absolute Gasteiger partial charge is 0.493 e. The van der Waals surface area contributed by atoms with Crippen molar-refractivity contribution >= 4 is 12.3 Å². The van der Waals surface area contributed by atoms with Crippen molar-refractivity contribution in [1.29, 1.82) is 0 Å².